The summed E-state index contributed by atoms with van der Waals surface area (Å²) in [6, 6.07) is 9.87. The summed E-state index contributed by atoms with van der Waals surface area (Å²) >= 11 is 0. The summed E-state index contributed by atoms with van der Waals surface area (Å²) in [5, 5.41) is 10.4. The van der Waals surface area contributed by atoms with Crippen LogP contribution in [0.1, 0.15) is 31.2 Å². The van der Waals surface area contributed by atoms with E-state index in [4.69, 9.17) is 0 Å². The summed E-state index contributed by atoms with van der Waals surface area (Å²) in [6.07, 6.45) is 5.06. The van der Waals surface area contributed by atoms with Gasteiger partial charge in [-0.05, 0) is 30.7 Å². The molecule has 1 aromatic carbocycles. The highest BCUT2D eigenvalue weighted by Crippen LogP contribution is 2.49. The predicted octanol–water partition coefficient (Wildman–Crippen LogP) is 2.78. The Morgan fingerprint density at radius 1 is 1.24 bits per heavy atom. The van der Waals surface area contributed by atoms with Gasteiger partial charge in [-0.15, -0.1) is 0 Å². The van der Waals surface area contributed by atoms with Crippen LogP contribution in [0.4, 0.5) is 5.69 Å². The number of anilines is 1. The molecule has 1 N–H and O–H groups in total. The first kappa shape index (κ1) is 12.5. The van der Waals surface area contributed by atoms with E-state index in [1.165, 1.54) is 25.7 Å². The van der Waals surface area contributed by atoms with E-state index in [1.54, 1.807) is 0 Å². The molecule has 0 radical (unpaired) electrons. The normalized spacial score (nSPS) is 19.7. The molecule has 0 unspecified atom stereocenters. The Morgan fingerprint density at radius 2 is 2.05 bits per heavy atom. The lowest BCUT2D eigenvalue weighted by Gasteiger charge is -2.38. The summed E-state index contributed by atoms with van der Waals surface area (Å²) in [5.74, 6) is 0. The van der Waals surface area contributed by atoms with Gasteiger partial charge in [-0.1, -0.05) is 24.6 Å². The molecule has 1 aliphatic carbocycles. The molecule has 2 fully saturated rings. The van der Waals surface area contributed by atoms with Gasteiger partial charge in [0.25, 0.3) is 5.56 Å². The molecule has 0 amide bonds. The second-order valence-electron chi connectivity index (χ2n) is 6.36. The average molecular weight is 279 g/mol. The van der Waals surface area contributed by atoms with Crippen LogP contribution in [0.3, 0.4) is 0 Å². The van der Waals surface area contributed by atoms with Crippen molar-refractivity contribution in [3.05, 3.63) is 40.2 Å². The number of nitrogens with zero attached hydrogens (tertiary/aromatic N) is 2. The minimum atomic E-state index is -0.277. The molecule has 4 nitrogen and oxygen atoms in total. The minimum Gasteiger partial charge on any atom is -0.369 e. The zero-order valence-electron chi connectivity index (χ0n) is 11.9. The lowest BCUT2D eigenvalue weighted by atomic mass is 9.68. The zero-order chi connectivity index (χ0) is 14.4. The van der Waals surface area contributed by atoms with E-state index in [9.17, 15) is 10.1 Å². The number of rotatable bonds is 1. The third-order valence-electron chi connectivity index (χ3n) is 5.17. The van der Waals surface area contributed by atoms with Crippen LogP contribution in [-0.2, 0) is 0 Å². The van der Waals surface area contributed by atoms with Gasteiger partial charge in [-0.3, -0.25) is 4.79 Å². The average Bonchev–Trinajstić information content (AvgIpc) is 2.91. The zero-order valence-corrected chi connectivity index (χ0v) is 11.9. The maximum Gasteiger partial charge on any atom is 0.268 e. The minimum absolute atomic E-state index is 0.255. The smallest absolute Gasteiger partial charge is 0.268 e. The number of H-pyrrole nitrogens is 1. The number of nitrogens with one attached hydrogen (secondary N) is 1. The standard InChI is InChI=1S/C17H17N3O/c18-10-13-15(20-9-8-17(11-20)6-3-7-17)12-4-1-2-5-14(12)19-16(13)21/h1-2,4-5H,3,6-9,11H2,(H,19,21). The van der Waals surface area contributed by atoms with Crippen molar-refractivity contribution in [1.29, 1.82) is 5.26 Å². The third-order valence-corrected chi connectivity index (χ3v) is 5.17. The van der Waals surface area contributed by atoms with Gasteiger partial charge in [-0.25, -0.2) is 0 Å². The number of pyridine rings is 1. The van der Waals surface area contributed by atoms with Crippen molar-refractivity contribution in [3.63, 3.8) is 0 Å². The predicted molar refractivity (Wildman–Crippen MR) is 82.4 cm³/mol. The van der Waals surface area contributed by atoms with Crippen molar-refractivity contribution in [2.24, 2.45) is 5.41 Å². The lowest BCUT2D eigenvalue weighted by molar-refractivity contribution is 0.165. The number of para-hydroxylation sites is 1. The van der Waals surface area contributed by atoms with E-state index < -0.39 is 0 Å². The van der Waals surface area contributed by atoms with E-state index >= 15 is 0 Å². The Kier molecular flexibility index (Phi) is 2.58. The summed E-state index contributed by atoms with van der Waals surface area (Å²) in [6.45, 7) is 1.93. The molecular formula is C17H17N3O. The van der Waals surface area contributed by atoms with Gasteiger partial charge in [0, 0.05) is 18.5 Å². The van der Waals surface area contributed by atoms with Crippen molar-refractivity contribution in [1.82, 2.24) is 4.98 Å². The first-order chi connectivity index (χ1) is 10.2. The molecule has 0 bridgehead atoms. The van der Waals surface area contributed by atoms with Crippen LogP contribution in [0.25, 0.3) is 10.9 Å². The molecule has 1 aromatic heterocycles. The molecule has 4 heteroatoms. The van der Waals surface area contributed by atoms with Crippen LogP contribution in [0, 0.1) is 16.7 Å². The second kappa shape index (κ2) is 4.36. The molecular weight excluding hydrogens is 262 g/mol. The highest BCUT2D eigenvalue weighted by molar-refractivity contribution is 5.94. The number of nitriles is 1. The second-order valence-corrected chi connectivity index (χ2v) is 6.36. The molecule has 2 heterocycles. The van der Waals surface area contributed by atoms with Crippen LogP contribution >= 0.6 is 0 Å². The van der Waals surface area contributed by atoms with Crippen LogP contribution in [-0.4, -0.2) is 18.1 Å². The molecule has 1 saturated heterocycles. The SMILES string of the molecule is N#Cc1c(N2CCC3(CCC3)C2)c2ccccc2[nH]c1=O. The summed E-state index contributed by atoms with van der Waals surface area (Å²) in [5.41, 5.74) is 2.06. The molecule has 4 rings (SSSR count). The quantitative estimate of drug-likeness (QED) is 0.873. The topological polar surface area (TPSA) is 59.9 Å². The number of benzene rings is 1. The van der Waals surface area contributed by atoms with Crippen LogP contribution in [0.2, 0.25) is 0 Å². The molecule has 2 aliphatic rings. The summed E-state index contributed by atoms with van der Waals surface area (Å²) < 4.78 is 0. The molecule has 21 heavy (non-hydrogen) atoms. The molecule has 106 valence electrons. The van der Waals surface area contributed by atoms with Crippen molar-refractivity contribution in [3.8, 4) is 6.07 Å². The molecule has 2 aromatic rings. The van der Waals surface area contributed by atoms with Gasteiger partial charge in [0.2, 0.25) is 0 Å². The molecule has 1 aliphatic heterocycles. The monoisotopic (exact) mass is 279 g/mol. The first-order valence-electron chi connectivity index (χ1n) is 7.53. The fraction of sp³-hybridized carbons (Fsp3) is 0.412. The fourth-order valence-corrected chi connectivity index (χ4v) is 3.87. The van der Waals surface area contributed by atoms with Crippen molar-refractivity contribution in [2.75, 3.05) is 18.0 Å². The van der Waals surface area contributed by atoms with Gasteiger partial charge < -0.3 is 9.88 Å². The number of aromatic nitrogens is 1. The van der Waals surface area contributed by atoms with Crippen LogP contribution in [0.5, 0.6) is 0 Å². The number of fused-ring (bicyclic) bond motifs is 1. The van der Waals surface area contributed by atoms with E-state index in [2.05, 4.69) is 16.0 Å². The van der Waals surface area contributed by atoms with E-state index in [0.717, 1.165) is 29.7 Å². The fourth-order valence-electron chi connectivity index (χ4n) is 3.87. The van der Waals surface area contributed by atoms with E-state index in [1.807, 2.05) is 24.3 Å². The van der Waals surface area contributed by atoms with Crippen LogP contribution in [0.15, 0.2) is 29.1 Å². The van der Waals surface area contributed by atoms with Gasteiger partial charge in [0.05, 0.1) is 11.2 Å². The van der Waals surface area contributed by atoms with Gasteiger partial charge in [-0.2, -0.15) is 5.26 Å². The van der Waals surface area contributed by atoms with Crippen molar-refractivity contribution < 1.29 is 0 Å². The number of hydrogen-bond donors (Lipinski definition) is 1. The Labute approximate surface area is 123 Å². The largest absolute Gasteiger partial charge is 0.369 e. The highest BCUT2D eigenvalue weighted by Gasteiger charge is 2.43. The highest BCUT2D eigenvalue weighted by atomic mass is 16.1. The van der Waals surface area contributed by atoms with Gasteiger partial charge in [0.1, 0.15) is 11.6 Å². The van der Waals surface area contributed by atoms with Gasteiger partial charge in [0.15, 0.2) is 0 Å². The Balaban J connectivity index is 1.91. The molecule has 1 saturated carbocycles. The van der Waals surface area contributed by atoms with Crippen molar-refractivity contribution >= 4 is 16.6 Å². The van der Waals surface area contributed by atoms with Gasteiger partial charge >= 0.3 is 0 Å². The maximum atomic E-state index is 12.2. The third kappa shape index (κ3) is 1.77. The molecule has 1 spiro atoms. The Bertz CT molecular complexity index is 811. The summed E-state index contributed by atoms with van der Waals surface area (Å²) in [7, 11) is 0. The maximum absolute atomic E-state index is 12.2. The Hall–Kier alpha value is -2.28. The molecule has 0 atom stereocenters. The number of aromatic amines is 1. The van der Waals surface area contributed by atoms with E-state index in [-0.39, 0.29) is 11.1 Å². The summed E-state index contributed by atoms with van der Waals surface area (Å²) in [4.78, 5) is 17.3. The van der Waals surface area contributed by atoms with Crippen molar-refractivity contribution in [2.45, 2.75) is 25.7 Å². The lowest BCUT2D eigenvalue weighted by Crippen LogP contribution is -2.34. The van der Waals surface area contributed by atoms with Crippen LogP contribution < -0.4 is 10.5 Å². The number of hydrogen-bond acceptors (Lipinski definition) is 3. The van der Waals surface area contributed by atoms with E-state index in [0.29, 0.717) is 5.41 Å². The Morgan fingerprint density at radius 3 is 2.71 bits per heavy atom. The first-order valence-corrected chi connectivity index (χ1v) is 7.53.